The molecule has 0 unspecified atom stereocenters. The highest BCUT2D eigenvalue weighted by molar-refractivity contribution is 7.07. The Bertz CT molecular complexity index is 495. The molecule has 0 radical (unpaired) electrons. The number of anilines is 2. The Kier molecular flexibility index (Phi) is 4.14. The first-order valence-electron chi connectivity index (χ1n) is 5.51. The molecule has 0 aliphatic carbocycles. The van der Waals surface area contributed by atoms with Gasteiger partial charge in [0.1, 0.15) is 0 Å². The normalized spacial score (nSPS) is 10.0. The molecule has 1 aromatic carbocycles. The molecule has 0 saturated heterocycles. The lowest BCUT2D eigenvalue weighted by atomic mass is 10.3. The highest BCUT2D eigenvalue weighted by Crippen LogP contribution is 2.09. The van der Waals surface area contributed by atoms with Crippen molar-refractivity contribution in [3.05, 3.63) is 40.8 Å². The first-order chi connectivity index (χ1) is 8.74. The Hall–Kier alpha value is -2.08. The van der Waals surface area contributed by atoms with Gasteiger partial charge >= 0.3 is 6.03 Å². The number of nitrogen functional groups attached to an aromatic ring is 1. The first-order valence-corrected chi connectivity index (χ1v) is 6.46. The predicted octanol–water partition coefficient (Wildman–Crippen LogP) is 2.09. The minimum absolute atomic E-state index is 0.227. The Morgan fingerprint density at radius 1 is 1.33 bits per heavy atom. The molecule has 0 saturated carbocycles. The number of benzene rings is 1. The van der Waals surface area contributed by atoms with Crippen molar-refractivity contribution >= 4 is 28.7 Å². The molecule has 0 fully saturated rings. The van der Waals surface area contributed by atoms with Gasteiger partial charge in [0.25, 0.3) is 0 Å². The van der Waals surface area contributed by atoms with Gasteiger partial charge in [-0.2, -0.15) is 0 Å². The molecule has 0 atom stereocenters. The van der Waals surface area contributed by atoms with Crippen LogP contribution in [0.2, 0.25) is 0 Å². The van der Waals surface area contributed by atoms with Crippen LogP contribution < -0.4 is 16.4 Å². The van der Waals surface area contributed by atoms with Crippen LogP contribution in [-0.4, -0.2) is 17.6 Å². The van der Waals surface area contributed by atoms with E-state index in [1.807, 2.05) is 5.38 Å². The van der Waals surface area contributed by atoms with Gasteiger partial charge in [0.05, 0.1) is 11.2 Å². The zero-order valence-electron chi connectivity index (χ0n) is 9.72. The zero-order chi connectivity index (χ0) is 12.8. The van der Waals surface area contributed by atoms with Crippen LogP contribution in [0.15, 0.2) is 35.2 Å². The van der Waals surface area contributed by atoms with E-state index in [9.17, 15) is 4.79 Å². The number of aromatic nitrogens is 1. The van der Waals surface area contributed by atoms with Gasteiger partial charge < -0.3 is 16.4 Å². The van der Waals surface area contributed by atoms with Crippen LogP contribution in [0, 0.1) is 0 Å². The topological polar surface area (TPSA) is 80.0 Å². The molecule has 2 rings (SSSR count). The molecule has 0 aliphatic heterocycles. The van der Waals surface area contributed by atoms with Gasteiger partial charge in [0.2, 0.25) is 0 Å². The summed E-state index contributed by atoms with van der Waals surface area (Å²) in [5.41, 5.74) is 9.72. The number of hydrogen-bond acceptors (Lipinski definition) is 4. The second-order valence-electron chi connectivity index (χ2n) is 3.73. The summed E-state index contributed by atoms with van der Waals surface area (Å²) in [4.78, 5) is 15.7. The monoisotopic (exact) mass is 262 g/mol. The molecule has 5 nitrogen and oxygen atoms in total. The van der Waals surface area contributed by atoms with E-state index in [2.05, 4.69) is 15.6 Å². The number of nitrogens with one attached hydrogen (secondary N) is 2. The second kappa shape index (κ2) is 6.02. The summed E-state index contributed by atoms with van der Waals surface area (Å²) < 4.78 is 0. The molecule has 1 aromatic heterocycles. The third kappa shape index (κ3) is 3.74. The van der Waals surface area contributed by atoms with Crippen molar-refractivity contribution in [3.8, 4) is 0 Å². The fourth-order valence-corrected chi connectivity index (χ4v) is 2.00. The van der Waals surface area contributed by atoms with E-state index in [4.69, 9.17) is 5.73 Å². The third-order valence-corrected chi connectivity index (χ3v) is 2.95. The van der Waals surface area contributed by atoms with Crippen LogP contribution in [0.1, 0.15) is 5.69 Å². The average molecular weight is 262 g/mol. The van der Waals surface area contributed by atoms with Gasteiger partial charge in [0, 0.05) is 29.7 Å². The van der Waals surface area contributed by atoms with Crippen LogP contribution in [0.25, 0.3) is 0 Å². The number of urea groups is 1. The standard InChI is InChI=1S/C12H14N4OS/c13-9-1-3-10(4-2-9)16-12(17)14-6-5-11-7-18-8-15-11/h1-4,7-8H,5-6,13H2,(H2,14,16,17). The number of carbonyl (C=O) groups excluding carboxylic acids is 1. The Labute approximate surface area is 109 Å². The van der Waals surface area contributed by atoms with E-state index in [1.165, 1.54) is 0 Å². The lowest BCUT2D eigenvalue weighted by molar-refractivity contribution is 0.252. The molecular formula is C12H14N4OS. The Balaban J connectivity index is 1.73. The highest BCUT2D eigenvalue weighted by Gasteiger charge is 2.01. The molecule has 18 heavy (non-hydrogen) atoms. The van der Waals surface area contributed by atoms with E-state index >= 15 is 0 Å². The fraction of sp³-hybridized carbons (Fsp3) is 0.167. The van der Waals surface area contributed by atoms with E-state index in [-0.39, 0.29) is 6.03 Å². The summed E-state index contributed by atoms with van der Waals surface area (Å²) in [5.74, 6) is 0. The predicted molar refractivity (Wildman–Crippen MR) is 73.7 cm³/mol. The number of rotatable bonds is 4. The molecule has 0 aliphatic rings. The zero-order valence-corrected chi connectivity index (χ0v) is 10.5. The number of thiazole rings is 1. The quantitative estimate of drug-likeness (QED) is 0.738. The molecule has 1 heterocycles. The molecule has 0 bridgehead atoms. The molecule has 94 valence electrons. The maximum atomic E-state index is 11.6. The van der Waals surface area contributed by atoms with Crippen molar-refractivity contribution in [2.45, 2.75) is 6.42 Å². The van der Waals surface area contributed by atoms with Gasteiger partial charge in [-0.05, 0) is 24.3 Å². The van der Waals surface area contributed by atoms with Crippen molar-refractivity contribution in [2.75, 3.05) is 17.6 Å². The second-order valence-corrected chi connectivity index (χ2v) is 4.45. The average Bonchev–Trinajstić information content (AvgIpc) is 2.85. The maximum absolute atomic E-state index is 11.6. The highest BCUT2D eigenvalue weighted by atomic mass is 32.1. The smallest absolute Gasteiger partial charge is 0.319 e. The SMILES string of the molecule is Nc1ccc(NC(=O)NCCc2cscn2)cc1. The molecule has 4 N–H and O–H groups in total. The van der Waals surface area contributed by atoms with Crippen molar-refractivity contribution < 1.29 is 4.79 Å². The lowest BCUT2D eigenvalue weighted by Gasteiger charge is -2.07. The fourth-order valence-electron chi connectivity index (χ4n) is 1.41. The molecule has 0 spiro atoms. The minimum atomic E-state index is -0.227. The number of carbonyl (C=O) groups is 1. The summed E-state index contributed by atoms with van der Waals surface area (Å²) in [7, 11) is 0. The largest absolute Gasteiger partial charge is 0.399 e. The minimum Gasteiger partial charge on any atom is -0.399 e. The number of amides is 2. The number of nitrogens with zero attached hydrogens (tertiary/aromatic N) is 1. The summed E-state index contributed by atoms with van der Waals surface area (Å²) in [5, 5.41) is 7.46. The Morgan fingerprint density at radius 2 is 2.11 bits per heavy atom. The van der Waals surface area contributed by atoms with Gasteiger partial charge in [-0.25, -0.2) is 9.78 Å². The summed E-state index contributed by atoms with van der Waals surface area (Å²) in [6.07, 6.45) is 0.735. The molecule has 2 aromatic rings. The van der Waals surface area contributed by atoms with Crippen molar-refractivity contribution in [2.24, 2.45) is 0 Å². The maximum Gasteiger partial charge on any atom is 0.319 e. The van der Waals surface area contributed by atoms with Crippen molar-refractivity contribution in [1.29, 1.82) is 0 Å². The summed E-state index contributed by atoms with van der Waals surface area (Å²) in [6.45, 7) is 0.560. The molecule has 6 heteroatoms. The van der Waals surface area contributed by atoms with E-state index in [0.717, 1.165) is 17.8 Å². The van der Waals surface area contributed by atoms with Crippen molar-refractivity contribution in [3.63, 3.8) is 0 Å². The van der Waals surface area contributed by atoms with E-state index in [0.29, 0.717) is 12.2 Å². The van der Waals surface area contributed by atoms with Gasteiger partial charge in [-0.3, -0.25) is 0 Å². The first kappa shape index (κ1) is 12.4. The van der Waals surface area contributed by atoms with Gasteiger partial charge in [-0.15, -0.1) is 11.3 Å². The van der Waals surface area contributed by atoms with Crippen LogP contribution in [0.3, 0.4) is 0 Å². The van der Waals surface area contributed by atoms with Gasteiger partial charge in [0.15, 0.2) is 0 Å². The molecular weight excluding hydrogens is 248 g/mol. The van der Waals surface area contributed by atoms with Crippen LogP contribution in [0.5, 0.6) is 0 Å². The lowest BCUT2D eigenvalue weighted by Crippen LogP contribution is -2.30. The number of hydrogen-bond donors (Lipinski definition) is 3. The van der Waals surface area contributed by atoms with E-state index < -0.39 is 0 Å². The summed E-state index contributed by atoms with van der Waals surface area (Å²) in [6, 6.07) is 6.77. The van der Waals surface area contributed by atoms with Crippen LogP contribution in [0.4, 0.5) is 16.2 Å². The van der Waals surface area contributed by atoms with Crippen LogP contribution in [-0.2, 0) is 6.42 Å². The Morgan fingerprint density at radius 3 is 2.78 bits per heavy atom. The third-order valence-electron chi connectivity index (χ3n) is 2.32. The van der Waals surface area contributed by atoms with Crippen molar-refractivity contribution in [1.82, 2.24) is 10.3 Å². The summed E-state index contributed by atoms with van der Waals surface area (Å²) >= 11 is 1.55. The molecule has 2 amide bonds. The van der Waals surface area contributed by atoms with E-state index in [1.54, 1.807) is 41.1 Å². The number of nitrogens with two attached hydrogens (primary N) is 1. The van der Waals surface area contributed by atoms with Crippen LogP contribution >= 0.6 is 11.3 Å². The van der Waals surface area contributed by atoms with Gasteiger partial charge in [-0.1, -0.05) is 0 Å².